The predicted octanol–water partition coefficient (Wildman–Crippen LogP) is 3.02. The van der Waals surface area contributed by atoms with E-state index in [2.05, 4.69) is 25.9 Å². The Morgan fingerprint density at radius 1 is 1.16 bits per heavy atom. The molecule has 2 fully saturated rings. The molecule has 2 aromatic rings. The Bertz CT molecular complexity index is 1190. The number of β-amino-alcohol motifs (C(OH)–C–C–N with tert-alkyl or cyclic N) is 1. The number of likely N-dealkylation sites (tertiary alicyclic amines) is 1. The van der Waals surface area contributed by atoms with E-state index in [0.717, 1.165) is 18.5 Å². The summed E-state index contributed by atoms with van der Waals surface area (Å²) in [7, 11) is 0. The second kappa shape index (κ2) is 10.4. The molecule has 3 unspecified atom stereocenters. The first-order chi connectivity index (χ1) is 17.6. The van der Waals surface area contributed by atoms with E-state index in [1.165, 1.54) is 16.2 Å². The number of carbonyl (C=O) groups is 3. The van der Waals surface area contributed by atoms with Gasteiger partial charge in [0.15, 0.2) is 5.13 Å². The maximum absolute atomic E-state index is 13.9. The van der Waals surface area contributed by atoms with Crippen molar-refractivity contribution in [3.63, 3.8) is 0 Å². The molecule has 11 nitrogen and oxygen atoms in total. The van der Waals surface area contributed by atoms with Crippen LogP contribution in [-0.2, 0) is 14.4 Å². The highest BCUT2D eigenvalue weighted by Crippen LogP contribution is 2.40. The number of carbonyl (C=O) groups excluding carboxylic acids is 3. The van der Waals surface area contributed by atoms with Crippen molar-refractivity contribution in [3.8, 4) is 0 Å². The SMILES string of the molecule is CC(NC(=O)C1CC(O)CN1C(=O)[C@@H](n1cc(C2CC2)nn1)C(C)(C)C)c1csc(NC(=O)C(C)(C)C)n1. The number of aromatic nitrogens is 4. The molecule has 208 valence electrons. The van der Waals surface area contributed by atoms with Crippen molar-refractivity contribution in [1.82, 2.24) is 30.2 Å². The highest BCUT2D eigenvalue weighted by atomic mass is 32.1. The summed E-state index contributed by atoms with van der Waals surface area (Å²) in [6.45, 7) is 13.2. The van der Waals surface area contributed by atoms with Gasteiger partial charge in [-0.3, -0.25) is 14.4 Å². The molecule has 1 aliphatic carbocycles. The number of anilines is 1. The quantitative estimate of drug-likeness (QED) is 0.485. The molecule has 38 heavy (non-hydrogen) atoms. The predicted molar refractivity (Wildman–Crippen MR) is 143 cm³/mol. The number of nitrogens with zero attached hydrogens (tertiary/aromatic N) is 5. The first-order valence-corrected chi connectivity index (χ1v) is 14.0. The number of nitrogens with one attached hydrogen (secondary N) is 2. The minimum atomic E-state index is -0.824. The van der Waals surface area contributed by atoms with E-state index in [9.17, 15) is 19.5 Å². The van der Waals surface area contributed by atoms with E-state index < -0.39 is 35.1 Å². The van der Waals surface area contributed by atoms with Crippen molar-refractivity contribution in [2.24, 2.45) is 10.8 Å². The van der Waals surface area contributed by atoms with Gasteiger partial charge in [0, 0.05) is 35.9 Å². The minimum absolute atomic E-state index is 0.0712. The lowest BCUT2D eigenvalue weighted by Crippen LogP contribution is -2.50. The van der Waals surface area contributed by atoms with Gasteiger partial charge in [-0.1, -0.05) is 46.8 Å². The van der Waals surface area contributed by atoms with E-state index in [-0.39, 0.29) is 30.7 Å². The van der Waals surface area contributed by atoms with Crippen LogP contribution in [0.3, 0.4) is 0 Å². The Morgan fingerprint density at radius 3 is 2.45 bits per heavy atom. The first-order valence-electron chi connectivity index (χ1n) is 13.1. The molecule has 0 aromatic carbocycles. The molecule has 0 radical (unpaired) electrons. The Balaban J connectivity index is 1.47. The lowest BCUT2D eigenvalue weighted by molar-refractivity contribution is -0.144. The Hall–Kier alpha value is -2.86. The van der Waals surface area contributed by atoms with Crippen molar-refractivity contribution in [2.45, 2.75) is 97.9 Å². The van der Waals surface area contributed by atoms with Gasteiger partial charge in [-0.15, -0.1) is 16.4 Å². The summed E-state index contributed by atoms with van der Waals surface area (Å²) in [5.41, 5.74) is 0.438. The summed E-state index contributed by atoms with van der Waals surface area (Å²) in [6.07, 6.45) is 3.34. The monoisotopic (exact) mass is 545 g/mol. The normalized spacial score (nSPS) is 21.7. The van der Waals surface area contributed by atoms with Gasteiger partial charge in [0.2, 0.25) is 17.7 Å². The van der Waals surface area contributed by atoms with Crippen molar-refractivity contribution in [3.05, 3.63) is 23.0 Å². The third kappa shape index (κ3) is 6.23. The molecule has 0 spiro atoms. The Kier molecular flexibility index (Phi) is 7.68. The summed E-state index contributed by atoms with van der Waals surface area (Å²) in [4.78, 5) is 45.5. The van der Waals surface area contributed by atoms with Crippen molar-refractivity contribution in [2.75, 3.05) is 11.9 Å². The van der Waals surface area contributed by atoms with Crippen LogP contribution in [0.4, 0.5) is 5.13 Å². The zero-order chi connectivity index (χ0) is 28.0. The highest BCUT2D eigenvalue weighted by Gasteiger charge is 2.45. The topological polar surface area (TPSA) is 142 Å². The molecule has 1 aliphatic heterocycles. The molecule has 4 rings (SSSR count). The van der Waals surface area contributed by atoms with Crippen LogP contribution >= 0.6 is 11.3 Å². The average Bonchev–Trinajstić information content (AvgIpc) is 3.17. The largest absolute Gasteiger partial charge is 0.391 e. The molecule has 2 aliphatic rings. The first kappa shape index (κ1) is 28.2. The lowest BCUT2D eigenvalue weighted by atomic mass is 9.85. The van der Waals surface area contributed by atoms with Crippen molar-refractivity contribution in [1.29, 1.82) is 0 Å². The average molecular weight is 546 g/mol. The lowest BCUT2D eigenvalue weighted by Gasteiger charge is -2.34. The number of aliphatic hydroxyl groups is 1. The van der Waals surface area contributed by atoms with Crippen molar-refractivity contribution < 1.29 is 19.5 Å². The maximum atomic E-state index is 13.9. The third-order valence-electron chi connectivity index (χ3n) is 6.93. The number of aliphatic hydroxyl groups excluding tert-OH is 1. The highest BCUT2D eigenvalue weighted by molar-refractivity contribution is 7.13. The fourth-order valence-corrected chi connectivity index (χ4v) is 5.34. The zero-order valence-corrected chi connectivity index (χ0v) is 24.0. The number of amides is 3. The summed E-state index contributed by atoms with van der Waals surface area (Å²) in [5, 5.41) is 27.0. The molecular formula is C26H39N7O4S. The van der Waals surface area contributed by atoms with E-state index in [0.29, 0.717) is 16.7 Å². The van der Waals surface area contributed by atoms with Crippen LogP contribution in [0.2, 0.25) is 0 Å². The molecule has 2 aromatic heterocycles. The van der Waals surface area contributed by atoms with E-state index in [4.69, 9.17) is 0 Å². The minimum Gasteiger partial charge on any atom is -0.391 e. The van der Waals surface area contributed by atoms with E-state index in [1.807, 2.05) is 47.7 Å². The molecular weight excluding hydrogens is 506 g/mol. The Morgan fingerprint density at radius 2 is 1.84 bits per heavy atom. The second-order valence-corrected chi connectivity index (χ2v) is 13.4. The number of hydrogen-bond donors (Lipinski definition) is 3. The van der Waals surface area contributed by atoms with Crippen LogP contribution in [0.25, 0.3) is 0 Å². The van der Waals surface area contributed by atoms with Gasteiger partial charge in [0.05, 0.1) is 23.5 Å². The Labute approximate surface area is 227 Å². The summed E-state index contributed by atoms with van der Waals surface area (Å²) in [6, 6.07) is -1.95. The number of rotatable bonds is 7. The molecule has 12 heteroatoms. The van der Waals surface area contributed by atoms with Gasteiger partial charge >= 0.3 is 0 Å². The molecule has 3 heterocycles. The molecule has 0 bridgehead atoms. The summed E-state index contributed by atoms with van der Waals surface area (Å²) < 4.78 is 1.61. The summed E-state index contributed by atoms with van der Waals surface area (Å²) >= 11 is 1.29. The van der Waals surface area contributed by atoms with Crippen LogP contribution in [0, 0.1) is 10.8 Å². The zero-order valence-electron chi connectivity index (χ0n) is 23.2. The number of thiazole rings is 1. The standard InChI is InChI=1S/C26H39N7O4S/c1-14(18-13-38-24(28-18)29-23(37)26(5,6)7)27-21(35)19-10-16(34)11-32(19)22(36)20(25(2,3)4)33-12-17(30-31-33)15-8-9-15/h12-16,19-20,34H,8-11H2,1-7H3,(H,27,35)(H,28,29,37)/t14?,16?,19?,20-/m1/s1. The molecule has 3 amide bonds. The van der Waals surface area contributed by atoms with Crippen LogP contribution in [0.15, 0.2) is 11.6 Å². The van der Waals surface area contributed by atoms with Gasteiger partial charge in [0.25, 0.3) is 0 Å². The van der Waals surface area contributed by atoms with E-state index in [1.54, 1.807) is 17.0 Å². The fourth-order valence-electron chi connectivity index (χ4n) is 4.54. The molecule has 1 saturated carbocycles. The van der Waals surface area contributed by atoms with Gasteiger partial charge in [0.1, 0.15) is 12.1 Å². The maximum Gasteiger partial charge on any atom is 0.248 e. The fraction of sp³-hybridized carbons (Fsp3) is 0.692. The molecule has 1 saturated heterocycles. The van der Waals surface area contributed by atoms with Crippen LogP contribution in [0.1, 0.15) is 97.1 Å². The molecule has 4 atom stereocenters. The molecule has 3 N–H and O–H groups in total. The van der Waals surface area contributed by atoms with E-state index >= 15 is 0 Å². The van der Waals surface area contributed by atoms with Crippen molar-refractivity contribution >= 4 is 34.2 Å². The third-order valence-corrected chi connectivity index (χ3v) is 7.71. The van der Waals surface area contributed by atoms with Gasteiger partial charge in [-0.2, -0.15) is 0 Å². The van der Waals surface area contributed by atoms with Gasteiger partial charge in [-0.25, -0.2) is 9.67 Å². The second-order valence-electron chi connectivity index (χ2n) is 12.6. The van der Waals surface area contributed by atoms with Crippen LogP contribution < -0.4 is 10.6 Å². The van der Waals surface area contributed by atoms with Crippen LogP contribution in [0.5, 0.6) is 0 Å². The summed E-state index contributed by atoms with van der Waals surface area (Å²) in [5.74, 6) is -0.370. The van der Waals surface area contributed by atoms with Gasteiger partial charge in [-0.05, 0) is 25.2 Å². The van der Waals surface area contributed by atoms with Crippen LogP contribution in [-0.4, -0.2) is 66.4 Å². The number of hydrogen-bond acceptors (Lipinski definition) is 8. The smallest absolute Gasteiger partial charge is 0.248 e. The van der Waals surface area contributed by atoms with Gasteiger partial charge < -0.3 is 20.6 Å².